The van der Waals surface area contributed by atoms with Crippen molar-refractivity contribution in [2.45, 2.75) is 13.0 Å². The Bertz CT molecular complexity index is 628. The summed E-state index contributed by atoms with van der Waals surface area (Å²) in [5.74, 6) is 1.66. The van der Waals surface area contributed by atoms with Crippen LogP contribution in [0.1, 0.15) is 13.0 Å². The Labute approximate surface area is 119 Å². The van der Waals surface area contributed by atoms with Gasteiger partial charge in [-0.3, -0.25) is 4.21 Å². The van der Waals surface area contributed by atoms with Crippen LogP contribution >= 0.6 is 0 Å². The summed E-state index contributed by atoms with van der Waals surface area (Å²) in [6.45, 7) is 1.92. The van der Waals surface area contributed by atoms with Crippen LogP contribution in [-0.4, -0.2) is 43.5 Å². The molecule has 2 unspecified atom stereocenters. The summed E-state index contributed by atoms with van der Waals surface area (Å²) in [7, 11) is 0.648. The monoisotopic (exact) mass is 295 g/mol. The van der Waals surface area contributed by atoms with Crippen LogP contribution in [0.25, 0.3) is 11.4 Å². The first kappa shape index (κ1) is 14.4. The number of hydrogen-bond donors (Lipinski definition) is 1. The SMILES string of the molecule is COc1ccc(N)cc1-c1nnnn1C(C)CS(C)=O. The van der Waals surface area contributed by atoms with Gasteiger partial charge in [-0.2, -0.15) is 0 Å². The third-order valence-corrected chi connectivity index (χ3v) is 3.80. The summed E-state index contributed by atoms with van der Waals surface area (Å²) in [6.07, 6.45) is 1.65. The van der Waals surface area contributed by atoms with Crippen LogP contribution in [0.4, 0.5) is 5.69 Å². The summed E-state index contributed by atoms with van der Waals surface area (Å²) in [6, 6.07) is 5.20. The quantitative estimate of drug-likeness (QED) is 0.822. The average Bonchev–Trinajstić information content (AvgIpc) is 2.87. The molecule has 2 rings (SSSR count). The Balaban J connectivity index is 2.46. The number of tetrazole rings is 1. The van der Waals surface area contributed by atoms with E-state index in [1.54, 1.807) is 36.2 Å². The Kier molecular flexibility index (Phi) is 4.33. The molecule has 0 aliphatic rings. The minimum Gasteiger partial charge on any atom is -0.496 e. The summed E-state index contributed by atoms with van der Waals surface area (Å²) < 4.78 is 18.3. The summed E-state index contributed by atoms with van der Waals surface area (Å²) in [5.41, 5.74) is 7.13. The van der Waals surface area contributed by atoms with Crippen molar-refractivity contribution in [1.29, 1.82) is 0 Å². The molecule has 7 nitrogen and oxygen atoms in total. The lowest BCUT2D eigenvalue weighted by atomic mass is 10.1. The first-order valence-corrected chi connectivity index (χ1v) is 7.77. The number of nitrogens with two attached hydrogens (primary N) is 1. The van der Waals surface area contributed by atoms with Crippen molar-refractivity contribution in [3.05, 3.63) is 18.2 Å². The molecule has 1 aromatic carbocycles. The fourth-order valence-corrected chi connectivity index (χ4v) is 2.80. The van der Waals surface area contributed by atoms with E-state index in [2.05, 4.69) is 15.5 Å². The first-order valence-electron chi connectivity index (χ1n) is 6.04. The van der Waals surface area contributed by atoms with Crippen molar-refractivity contribution >= 4 is 16.5 Å². The fraction of sp³-hybridized carbons (Fsp3) is 0.417. The van der Waals surface area contributed by atoms with E-state index >= 15 is 0 Å². The molecule has 2 atom stereocenters. The van der Waals surface area contributed by atoms with E-state index in [1.807, 2.05) is 6.92 Å². The summed E-state index contributed by atoms with van der Waals surface area (Å²) in [4.78, 5) is 0. The van der Waals surface area contributed by atoms with Crippen LogP contribution in [0.2, 0.25) is 0 Å². The van der Waals surface area contributed by atoms with Crippen molar-refractivity contribution < 1.29 is 8.95 Å². The normalized spacial score (nSPS) is 13.9. The Hall–Kier alpha value is -1.96. The topological polar surface area (TPSA) is 95.9 Å². The van der Waals surface area contributed by atoms with Crippen LogP contribution in [0.3, 0.4) is 0 Å². The van der Waals surface area contributed by atoms with Crippen molar-refractivity contribution in [2.24, 2.45) is 0 Å². The first-order chi connectivity index (χ1) is 9.52. The second-order valence-electron chi connectivity index (χ2n) is 4.50. The van der Waals surface area contributed by atoms with E-state index in [9.17, 15) is 4.21 Å². The predicted octanol–water partition coefficient (Wildman–Crippen LogP) is 0.870. The third kappa shape index (κ3) is 2.96. The molecule has 1 aromatic heterocycles. The number of ether oxygens (including phenoxy) is 1. The molecule has 0 spiro atoms. The number of methoxy groups -OCH3 is 1. The molecule has 0 fully saturated rings. The second-order valence-corrected chi connectivity index (χ2v) is 5.98. The molecule has 0 saturated carbocycles. The highest BCUT2D eigenvalue weighted by molar-refractivity contribution is 7.84. The molecule has 0 aliphatic carbocycles. The zero-order valence-corrected chi connectivity index (χ0v) is 12.4. The number of anilines is 1. The van der Waals surface area contributed by atoms with Gasteiger partial charge >= 0.3 is 0 Å². The lowest BCUT2D eigenvalue weighted by molar-refractivity contribution is 0.415. The maximum absolute atomic E-state index is 11.4. The van der Waals surface area contributed by atoms with Crippen LogP contribution in [-0.2, 0) is 10.8 Å². The van der Waals surface area contributed by atoms with Crippen LogP contribution in [0.15, 0.2) is 18.2 Å². The van der Waals surface area contributed by atoms with Crippen LogP contribution in [0, 0.1) is 0 Å². The van der Waals surface area contributed by atoms with E-state index < -0.39 is 10.8 Å². The maximum atomic E-state index is 11.4. The minimum atomic E-state index is -0.929. The molecule has 20 heavy (non-hydrogen) atoms. The highest BCUT2D eigenvalue weighted by Gasteiger charge is 2.19. The van der Waals surface area contributed by atoms with E-state index in [0.717, 1.165) is 0 Å². The molecule has 108 valence electrons. The van der Waals surface area contributed by atoms with Crippen LogP contribution in [0.5, 0.6) is 5.75 Å². The van der Waals surface area contributed by atoms with Gasteiger partial charge in [0.2, 0.25) is 0 Å². The van der Waals surface area contributed by atoms with E-state index in [-0.39, 0.29) is 6.04 Å². The minimum absolute atomic E-state index is 0.0861. The van der Waals surface area contributed by atoms with Crippen molar-refractivity contribution in [2.75, 3.05) is 24.9 Å². The number of nitrogen functional groups attached to an aromatic ring is 1. The third-order valence-electron chi connectivity index (χ3n) is 2.85. The van der Waals surface area contributed by atoms with Gasteiger partial charge in [0.15, 0.2) is 5.82 Å². The zero-order valence-electron chi connectivity index (χ0n) is 11.6. The highest BCUT2D eigenvalue weighted by Crippen LogP contribution is 2.31. The standard InChI is InChI=1S/C12H17N5O2S/c1-8(7-20(3)18)17-12(14-15-16-17)10-6-9(13)4-5-11(10)19-2/h4-6,8H,7,13H2,1-3H3. The molecule has 0 amide bonds. The van der Waals surface area contributed by atoms with Crippen molar-refractivity contribution in [3.63, 3.8) is 0 Å². The molecule has 1 heterocycles. The van der Waals surface area contributed by atoms with Crippen molar-refractivity contribution in [3.8, 4) is 17.1 Å². The molecule has 2 aromatic rings. The number of nitrogens with zero attached hydrogens (tertiary/aromatic N) is 4. The van der Waals surface area contributed by atoms with Crippen LogP contribution < -0.4 is 10.5 Å². The highest BCUT2D eigenvalue weighted by atomic mass is 32.2. The maximum Gasteiger partial charge on any atom is 0.186 e. The molecule has 2 N–H and O–H groups in total. The lowest BCUT2D eigenvalue weighted by Crippen LogP contribution is -2.15. The number of hydrogen-bond acceptors (Lipinski definition) is 6. The number of rotatable bonds is 5. The number of benzene rings is 1. The largest absolute Gasteiger partial charge is 0.496 e. The Morgan fingerprint density at radius 2 is 2.25 bits per heavy atom. The summed E-state index contributed by atoms with van der Waals surface area (Å²) >= 11 is 0. The van der Waals surface area contributed by atoms with Gasteiger partial charge < -0.3 is 10.5 Å². The molecular formula is C12H17N5O2S. The van der Waals surface area contributed by atoms with Gasteiger partial charge in [0.25, 0.3) is 0 Å². The van der Waals surface area contributed by atoms with E-state index in [1.165, 1.54) is 0 Å². The Morgan fingerprint density at radius 3 is 2.90 bits per heavy atom. The molecule has 0 radical (unpaired) electrons. The Morgan fingerprint density at radius 1 is 1.50 bits per heavy atom. The molecule has 0 saturated heterocycles. The van der Waals surface area contributed by atoms with Gasteiger partial charge in [0.05, 0.1) is 18.7 Å². The van der Waals surface area contributed by atoms with Gasteiger partial charge in [0, 0.05) is 28.5 Å². The number of aromatic nitrogens is 4. The zero-order chi connectivity index (χ0) is 14.7. The van der Waals surface area contributed by atoms with Gasteiger partial charge in [0.1, 0.15) is 5.75 Å². The molecular weight excluding hydrogens is 278 g/mol. The fourth-order valence-electron chi connectivity index (χ4n) is 1.98. The average molecular weight is 295 g/mol. The molecule has 0 aliphatic heterocycles. The molecule has 0 bridgehead atoms. The van der Waals surface area contributed by atoms with Gasteiger partial charge in [-0.15, -0.1) is 5.10 Å². The van der Waals surface area contributed by atoms with Crippen molar-refractivity contribution in [1.82, 2.24) is 20.2 Å². The smallest absolute Gasteiger partial charge is 0.186 e. The predicted molar refractivity (Wildman–Crippen MR) is 77.9 cm³/mol. The second kappa shape index (κ2) is 6.00. The van der Waals surface area contributed by atoms with Gasteiger partial charge in [-0.05, 0) is 35.5 Å². The van der Waals surface area contributed by atoms with Gasteiger partial charge in [-0.25, -0.2) is 4.68 Å². The van der Waals surface area contributed by atoms with E-state index in [0.29, 0.717) is 28.6 Å². The lowest BCUT2D eigenvalue weighted by Gasteiger charge is -2.14. The van der Waals surface area contributed by atoms with E-state index in [4.69, 9.17) is 10.5 Å². The van der Waals surface area contributed by atoms with Gasteiger partial charge in [-0.1, -0.05) is 0 Å². The molecule has 8 heteroatoms. The summed E-state index contributed by atoms with van der Waals surface area (Å²) in [5, 5.41) is 11.7.